The molecule has 2 unspecified atom stereocenters. The highest BCUT2D eigenvalue weighted by atomic mass is 16.6. The summed E-state index contributed by atoms with van der Waals surface area (Å²) in [5.74, 6) is -1.99. The van der Waals surface area contributed by atoms with E-state index in [0.29, 0.717) is 12.0 Å². The van der Waals surface area contributed by atoms with Crippen LogP contribution in [0.4, 0.5) is 0 Å². The van der Waals surface area contributed by atoms with Crippen LogP contribution in [0.3, 0.4) is 0 Å². The summed E-state index contributed by atoms with van der Waals surface area (Å²) in [4.78, 5) is 0. The maximum atomic E-state index is 10.0. The molecule has 82 valence electrons. The Hall–Kier alpha value is -0.900. The quantitative estimate of drug-likeness (QED) is 0.578. The van der Waals surface area contributed by atoms with Crippen LogP contribution in [0.5, 0.6) is 0 Å². The molecule has 1 aliphatic rings. The lowest BCUT2D eigenvalue weighted by Gasteiger charge is -2.28. The molecule has 1 saturated heterocycles. The van der Waals surface area contributed by atoms with Gasteiger partial charge < -0.3 is 14.9 Å². The smallest absolute Gasteiger partial charge is 0.192 e. The van der Waals surface area contributed by atoms with Gasteiger partial charge in [-0.2, -0.15) is 0 Å². The van der Waals surface area contributed by atoms with Gasteiger partial charge in [0, 0.05) is 11.5 Å². The zero-order valence-electron chi connectivity index (χ0n) is 8.76. The van der Waals surface area contributed by atoms with E-state index in [2.05, 4.69) is 0 Å². The van der Waals surface area contributed by atoms with Crippen molar-refractivity contribution in [2.24, 2.45) is 5.92 Å². The molecule has 0 radical (unpaired) electrons. The Morgan fingerprint density at radius 3 is 2.53 bits per heavy atom. The molecule has 0 aromatic heterocycles. The number of rotatable bonds is 4. The van der Waals surface area contributed by atoms with Gasteiger partial charge in [-0.3, -0.25) is 0 Å². The van der Waals surface area contributed by atoms with Gasteiger partial charge in [-0.1, -0.05) is 37.3 Å². The SMILES string of the molecule is CC(CC1CO1)C(O)(O)c1ccccc1. The summed E-state index contributed by atoms with van der Waals surface area (Å²) in [6, 6.07) is 8.91. The molecule has 1 heterocycles. The molecule has 1 aromatic rings. The lowest BCUT2D eigenvalue weighted by atomic mass is 9.90. The summed E-state index contributed by atoms with van der Waals surface area (Å²) in [5.41, 5.74) is 0.540. The molecule has 2 rings (SSSR count). The van der Waals surface area contributed by atoms with Gasteiger partial charge in [0.25, 0.3) is 0 Å². The predicted octanol–water partition coefficient (Wildman–Crippen LogP) is 1.25. The molecule has 0 spiro atoms. The van der Waals surface area contributed by atoms with E-state index >= 15 is 0 Å². The van der Waals surface area contributed by atoms with Crippen molar-refractivity contribution in [2.75, 3.05) is 6.61 Å². The fraction of sp³-hybridized carbons (Fsp3) is 0.500. The normalized spacial score (nSPS) is 22.5. The first-order valence-corrected chi connectivity index (χ1v) is 5.22. The summed E-state index contributed by atoms with van der Waals surface area (Å²) < 4.78 is 5.09. The Morgan fingerprint density at radius 1 is 1.40 bits per heavy atom. The standard InChI is InChI=1S/C12H16O3/c1-9(7-11-8-15-11)12(13,14)10-5-3-2-4-6-10/h2-6,9,11,13-14H,7-8H2,1H3. The Bertz CT molecular complexity index is 317. The molecule has 1 aromatic carbocycles. The first-order chi connectivity index (χ1) is 7.10. The first kappa shape index (κ1) is 10.6. The second kappa shape index (κ2) is 3.93. The summed E-state index contributed by atoms with van der Waals surface area (Å²) in [7, 11) is 0. The van der Waals surface area contributed by atoms with E-state index in [-0.39, 0.29) is 12.0 Å². The molecule has 3 nitrogen and oxygen atoms in total. The van der Waals surface area contributed by atoms with Crippen molar-refractivity contribution >= 4 is 0 Å². The fourth-order valence-electron chi connectivity index (χ4n) is 1.73. The summed E-state index contributed by atoms with van der Waals surface area (Å²) >= 11 is 0. The zero-order valence-corrected chi connectivity index (χ0v) is 8.76. The fourth-order valence-corrected chi connectivity index (χ4v) is 1.73. The van der Waals surface area contributed by atoms with E-state index in [1.807, 2.05) is 13.0 Å². The second-order valence-corrected chi connectivity index (χ2v) is 4.18. The maximum absolute atomic E-state index is 10.0. The Balaban J connectivity index is 2.10. The van der Waals surface area contributed by atoms with E-state index in [9.17, 15) is 10.2 Å². The number of benzene rings is 1. The Morgan fingerprint density at radius 2 is 2.00 bits per heavy atom. The van der Waals surface area contributed by atoms with Crippen molar-refractivity contribution < 1.29 is 14.9 Å². The summed E-state index contributed by atoms with van der Waals surface area (Å²) in [6.07, 6.45) is 0.893. The van der Waals surface area contributed by atoms with Gasteiger partial charge in [-0.25, -0.2) is 0 Å². The summed E-state index contributed by atoms with van der Waals surface area (Å²) in [5, 5.41) is 20.1. The number of ether oxygens (including phenoxy) is 1. The van der Waals surface area contributed by atoms with Crippen LogP contribution < -0.4 is 0 Å². The minimum Gasteiger partial charge on any atom is -0.373 e. The van der Waals surface area contributed by atoms with Gasteiger partial charge in [0.05, 0.1) is 12.7 Å². The second-order valence-electron chi connectivity index (χ2n) is 4.18. The highest BCUT2D eigenvalue weighted by Crippen LogP contribution is 2.32. The third-order valence-corrected chi connectivity index (χ3v) is 2.90. The van der Waals surface area contributed by atoms with E-state index in [0.717, 1.165) is 6.61 Å². The van der Waals surface area contributed by atoms with Crippen LogP contribution in [0.15, 0.2) is 30.3 Å². The summed E-state index contributed by atoms with van der Waals surface area (Å²) in [6.45, 7) is 2.57. The average Bonchev–Trinajstić information content (AvgIpc) is 3.03. The van der Waals surface area contributed by atoms with Crippen LogP contribution in [-0.2, 0) is 10.5 Å². The van der Waals surface area contributed by atoms with Gasteiger partial charge in [-0.15, -0.1) is 0 Å². The molecule has 1 fully saturated rings. The molecule has 15 heavy (non-hydrogen) atoms. The lowest BCUT2D eigenvalue weighted by Crippen LogP contribution is -2.34. The molecule has 3 heteroatoms. The van der Waals surface area contributed by atoms with Crippen molar-refractivity contribution in [1.82, 2.24) is 0 Å². The largest absolute Gasteiger partial charge is 0.373 e. The molecule has 0 aliphatic carbocycles. The molecular weight excluding hydrogens is 192 g/mol. The molecule has 1 aliphatic heterocycles. The molecule has 0 bridgehead atoms. The monoisotopic (exact) mass is 208 g/mol. The van der Waals surface area contributed by atoms with Gasteiger partial charge >= 0.3 is 0 Å². The molecule has 0 saturated carbocycles. The van der Waals surface area contributed by atoms with Crippen LogP contribution in [0.2, 0.25) is 0 Å². The van der Waals surface area contributed by atoms with Crippen molar-refractivity contribution in [3.8, 4) is 0 Å². The van der Waals surface area contributed by atoms with Gasteiger partial charge in [0.2, 0.25) is 0 Å². The molecule has 0 amide bonds. The average molecular weight is 208 g/mol. The molecular formula is C12H16O3. The topological polar surface area (TPSA) is 53.0 Å². The number of hydrogen-bond donors (Lipinski definition) is 2. The zero-order chi connectivity index (χ0) is 10.9. The highest BCUT2D eigenvalue weighted by molar-refractivity contribution is 5.20. The van der Waals surface area contributed by atoms with Crippen molar-refractivity contribution in [2.45, 2.75) is 25.2 Å². The van der Waals surface area contributed by atoms with Crippen molar-refractivity contribution in [3.05, 3.63) is 35.9 Å². The number of hydrogen-bond acceptors (Lipinski definition) is 3. The molecule has 2 atom stereocenters. The van der Waals surface area contributed by atoms with Crippen LogP contribution in [0.1, 0.15) is 18.9 Å². The Kier molecular flexibility index (Phi) is 2.78. The third kappa shape index (κ3) is 2.37. The van der Waals surface area contributed by atoms with Crippen LogP contribution in [-0.4, -0.2) is 22.9 Å². The maximum Gasteiger partial charge on any atom is 0.192 e. The van der Waals surface area contributed by atoms with E-state index in [1.54, 1.807) is 24.3 Å². The van der Waals surface area contributed by atoms with Gasteiger partial charge in [0.15, 0.2) is 5.79 Å². The number of epoxide rings is 1. The predicted molar refractivity (Wildman–Crippen MR) is 56.1 cm³/mol. The minimum absolute atomic E-state index is 0.211. The Labute approximate surface area is 89.3 Å². The minimum atomic E-state index is -1.76. The van der Waals surface area contributed by atoms with Crippen LogP contribution in [0.25, 0.3) is 0 Å². The van der Waals surface area contributed by atoms with Gasteiger partial charge in [-0.05, 0) is 6.42 Å². The lowest BCUT2D eigenvalue weighted by molar-refractivity contribution is -0.208. The highest BCUT2D eigenvalue weighted by Gasteiger charge is 2.37. The number of aliphatic hydroxyl groups is 2. The molecule has 2 N–H and O–H groups in total. The van der Waals surface area contributed by atoms with Crippen molar-refractivity contribution in [3.63, 3.8) is 0 Å². The van der Waals surface area contributed by atoms with Crippen molar-refractivity contribution in [1.29, 1.82) is 0 Å². The van der Waals surface area contributed by atoms with E-state index in [4.69, 9.17) is 4.74 Å². The first-order valence-electron chi connectivity index (χ1n) is 5.22. The van der Waals surface area contributed by atoms with Crippen LogP contribution >= 0.6 is 0 Å². The third-order valence-electron chi connectivity index (χ3n) is 2.90. The van der Waals surface area contributed by atoms with E-state index < -0.39 is 5.79 Å². The van der Waals surface area contributed by atoms with Crippen LogP contribution in [0, 0.1) is 5.92 Å². The van der Waals surface area contributed by atoms with Gasteiger partial charge in [0.1, 0.15) is 0 Å². The van der Waals surface area contributed by atoms with E-state index in [1.165, 1.54) is 0 Å².